The van der Waals surface area contributed by atoms with E-state index in [0.29, 0.717) is 18.3 Å². The molecular formula is C32H33N7O. The van der Waals surface area contributed by atoms with Gasteiger partial charge in [0.1, 0.15) is 5.84 Å². The number of aryl methyl sites for hydroxylation is 1. The maximum atomic E-state index is 13.7. The summed E-state index contributed by atoms with van der Waals surface area (Å²) in [5.41, 5.74) is 15.8. The second-order valence-corrected chi connectivity index (χ2v) is 10.4. The first-order valence-corrected chi connectivity index (χ1v) is 13.7. The Hall–Kier alpha value is -4.72. The van der Waals surface area contributed by atoms with Crippen molar-refractivity contribution in [2.24, 2.45) is 10.7 Å². The summed E-state index contributed by atoms with van der Waals surface area (Å²) >= 11 is 0. The lowest BCUT2D eigenvalue weighted by Gasteiger charge is -2.18. The SMILES string of the molecule is CN/C(C)=C\C(N)=N/c1ncc(C)c(-c2c[nH]c3c(N4Cc5c(cccc5C5=CCCCC5)C4=O)cccc23)n1. The Bertz CT molecular complexity index is 1730. The fraction of sp³-hybridized carbons (Fsp3) is 0.250. The van der Waals surface area contributed by atoms with Crippen LogP contribution in [0.1, 0.15) is 59.7 Å². The predicted molar refractivity (Wildman–Crippen MR) is 162 cm³/mol. The molecule has 8 nitrogen and oxygen atoms in total. The molecule has 0 fully saturated rings. The number of aliphatic imine (C=N–C) groups is 1. The maximum absolute atomic E-state index is 13.7. The molecular weight excluding hydrogens is 498 g/mol. The minimum absolute atomic E-state index is 0.0344. The second-order valence-electron chi connectivity index (χ2n) is 10.4. The molecule has 40 heavy (non-hydrogen) atoms. The van der Waals surface area contributed by atoms with E-state index in [2.05, 4.69) is 38.5 Å². The number of hydrogen-bond acceptors (Lipinski definition) is 5. The van der Waals surface area contributed by atoms with Crippen LogP contribution in [0.25, 0.3) is 27.7 Å². The number of amidine groups is 1. The number of aromatic amines is 1. The Morgan fingerprint density at radius 2 is 1.98 bits per heavy atom. The number of H-pyrrole nitrogens is 1. The molecule has 0 unspecified atom stereocenters. The number of carbonyl (C=O) groups excluding carboxylic acids is 1. The van der Waals surface area contributed by atoms with E-state index in [4.69, 9.17) is 10.7 Å². The molecule has 4 aromatic rings. The van der Waals surface area contributed by atoms with Crippen LogP contribution in [0.15, 0.2) is 71.6 Å². The molecule has 0 saturated carbocycles. The van der Waals surface area contributed by atoms with E-state index in [1.807, 2.05) is 56.3 Å². The van der Waals surface area contributed by atoms with E-state index in [1.165, 1.54) is 24.0 Å². The maximum Gasteiger partial charge on any atom is 0.259 e. The predicted octanol–water partition coefficient (Wildman–Crippen LogP) is 6.16. The second kappa shape index (κ2) is 10.4. The van der Waals surface area contributed by atoms with Crippen LogP contribution in [0.3, 0.4) is 0 Å². The van der Waals surface area contributed by atoms with Crippen molar-refractivity contribution in [1.82, 2.24) is 20.3 Å². The smallest absolute Gasteiger partial charge is 0.259 e. The van der Waals surface area contributed by atoms with Crippen molar-refractivity contribution in [1.29, 1.82) is 0 Å². The van der Waals surface area contributed by atoms with Gasteiger partial charge < -0.3 is 20.9 Å². The van der Waals surface area contributed by atoms with E-state index in [9.17, 15) is 4.79 Å². The number of rotatable bonds is 6. The summed E-state index contributed by atoms with van der Waals surface area (Å²) in [5, 5.41) is 4.00. The third-order valence-corrected chi connectivity index (χ3v) is 7.79. The van der Waals surface area contributed by atoms with Gasteiger partial charge in [0.05, 0.1) is 23.4 Å². The molecule has 202 valence electrons. The molecule has 1 aliphatic carbocycles. The molecule has 0 atom stereocenters. The number of nitrogens with zero attached hydrogens (tertiary/aromatic N) is 4. The third-order valence-electron chi connectivity index (χ3n) is 7.79. The molecule has 2 aromatic carbocycles. The Morgan fingerprint density at radius 3 is 2.77 bits per heavy atom. The third kappa shape index (κ3) is 4.55. The van der Waals surface area contributed by atoms with Crippen LogP contribution in [-0.4, -0.2) is 33.7 Å². The molecule has 0 spiro atoms. The number of para-hydroxylation sites is 1. The van der Waals surface area contributed by atoms with Crippen molar-refractivity contribution in [2.75, 3.05) is 11.9 Å². The monoisotopic (exact) mass is 531 g/mol. The number of nitrogens with two attached hydrogens (primary N) is 1. The van der Waals surface area contributed by atoms with Crippen molar-refractivity contribution in [3.05, 3.63) is 88.9 Å². The quantitative estimate of drug-likeness (QED) is 0.204. The zero-order valence-electron chi connectivity index (χ0n) is 23.1. The number of anilines is 1. The van der Waals surface area contributed by atoms with Gasteiger partial charge in [0.2, 0.25) is 0 Å². The minimum Gasteiger partial charge on any atom is -0.392 e. The highest BCUT2D eigenvalue weighted by Crippen LogP contribution is 2.40. The van der Waals surface area contributed by atoms with E-state index in [1.54, 1.807) is 12.3 Å². The van der Waals surface area contributed by atoms with Crippen LogP contribution >= 0.6 is 0 Å². The first-order chi connectivity index (χ1) is 19.4. The lowest BCUT2D eigenvalue weighted by atomic mass is 9.89. The number of hydrogen-bond donors (Lipinski definition) is 3. The number of carbonyl (C=O) groups is 1. The van der Waals surface area contributed by atoms with Crippen LogP contribution in [0.5, 0.6) is 0 Å². The van der Waals surface area contributed by atoms with Crippen LogP contribution in [0.2, 0.25) is 0 Å². The van der Waals surface area contributed by atoms with Gasteiger partial charge in [-0.1, -0.05) is 30.3 Å². The standard InChI is InChI=1S/C32H33N7O/c1-19-16-36-32(37-28(33)15-20(2)34-3)38-29(19)25-17-35-30-23(25)12-8-14-27(30)39-18-26-22(21-9-5-4-6-10-21)11-7-13-24(26)31(39)40/h7-9,11-17,34-35H,4-6,10,18H2,1-3H3,(H2,33,36,37,38)/b20-15-. The van der Waals surface area contributed by atoms with E-state index >= 15 is 0 Å². The molecule has 2 aromatic heterocycles. The van der Waals surface area contributed by atoms with Gasteiger partial charge in [0, 0.05) is 41.7 Å². The summed E-state index contributed by atoms with van der Waals surface area (Å²) in [4.78, 5) is 32.5. The summed E-state index contributed by atoms with van der Waals surface area (Å²) in [7, 11) is 1.83. The van der Waals surface area contributed by atoms with E-state index in [0.717, 1.165) is 63.1 Å². The Kier molecular flexibility index (Phi) is 6.67. The van der Waals surface area contributed by atoms with Crippen LogP contribution in [-0.2, 0) is 6.54 Å². The molecule has 3 heterocycles. The van der Waals surface area contributed by atoms with Gasteiger partial charge in [0.25, 0.3) is 11.9 Å². The average molecular weight is 532 g/mol. The van der Waals surface area contributed by atoms with Gasteiger partial charge in [-0.2, -0.15) is 4.99 Å². The number of fused-ring (bicyclic) bond motifs is 2. The number of amides is 1. The summed E-state index contributed by atoms with van der Waals surface area (Å²) in [6.07, 6.45) is 12.4. The van der Waals surface area contributed by atoms with Crippen LogP contribution < -0.4 is 16.0 Å². The Morgan fingerprint density at radius 1 is 1.15 bits per heavy atom. The average Bonchev–Trinajstić information content (AvgIpc) is 3.55. The van der Waals surface area contributed by atoms with Gasteiger partial charge in [-0.05, 0) is 80.0 Å². The lowest BCUT2D eigenvalue weighted by molar-refractivity contribution is 0.0997. The zero-order chi connectivity index (χ0) is 27.8. The lowest BCUT2D eigenvalue weighted by Crippen LogP contribution is -2.23. The number of benzene rings is 2. The molecule has 4 N–H and O–H groups in total. The molecule has 1 aliphatic heterocycles. The van der Waals surface area contributed by atoms with Crippen molar-refractivity contribution in [2.45, 2.75) is 46.1 Å². The van der Waals surface area contributed by atoms with Crippen molar-refractivity contribution in [3.63, 3.8) is 0 Å². The van der Waals surface area contributed by atoms with Crippen LogP contribution in [0.4, 0.5) is 11.6 Å². The van der Waals surface area contributed by atoms with Crippen molar-refractivity contribution in [3.8, 4) is 11.3 Å². The van der Waals surface area contributed by atoms with Crippen LogP contribution in [0, 0.1) is 6.92 Å². The largest absolute Gasteiger partial charge is 0.392 e. The normalized spacial score (nSPS) is 15.9. The van der Waals surface area contributed by atoms with E-state index in [-0.39, 0.29) is 5.91 Å². The topological polar surface area (TPSA) is 112 Å². The Labute approximate surface area is 233 Å². The number of allylic oxidation sites excluding steroid dienone is 3. The molecule has 1 amide bonds. The molecule has 8 heteroatoms. The molecule has 0 radical (unpaired) electrons. The zero-order valence-corrected chi connectivity index (χ0v) is 23.1. The highest BCUT2D eigenvalue weighted by molar-refractivity contribution is 6.15. The minimum atomic E-state index is 0.0344. The first kappa shape index (κ1) is 25.6. The molecule has 2 aliphatic rings. The highest BCUT2D eigenvalue weighted by atomic mass is 16.2. The van der Waals surface area contributed by atoms with Gasteiger partial charge >= 0.3 is 0 Å². The summed E-state index contributed by atoms with van der Waals surface area (Å²) in [6.45, 7) is 4.44. The number of nitrogens with one attached hydrogen (secondary N) is 2. The fourth-order valence-electron chi connectivity index (χ4n) is 5.67. The summed E-state index contributed by atoms with van der Waals surface area (Å²) in [6, 6.07) is 12.2. The first-order valence-electron chi connectivity index (χ1n) is 13.7. The van der Waals surface area contributed by atoms with Crippen molar-refractivity contribution >= 4 is 39.9 Å². The highest BCUT2D eigenvalue weighted by Gasteiger charge is 2.32. The summed E-state index contributed by atoms with van der Waals surface area (Å²) in [5.74, 6) is 0.643. The van der Waals surface area contributed by atoms with Crippen molar-refractivity contribution < 1.29 is 4.79 Å². The number of aromatic nitrogens is 3. The molecule has 0 saturated heterocycles. The van der Waals surface area contributed by atoms with Gasteiger partial charge in [-0.25, -0.2) is 9.97 Å². The Balaban J connectivity index is 1.38. The molecule has 0 bridgehead atoms. The van der Waals surface area contributed by atoms with Gasteiger partial charge in [-0.15, -0.1) is 0 Å². The summed E-state index contributed by atoms with van der Waals surface area (Å²) < 4.78 is 0. The molecule has 6 rings (SSSR count). The van der Waals surface area contributed by atoms with Gasteiger partial charge in [-0.3, -0.25) is 4.79 Å². The fourth-order valence-corrected chi connectivity index (χ4v) is 5.67. The van der Waals surface area contributed by atoms with Gasteiger partial charge in [0.15, 0.2) is 0 Å². The van der Waals surface area contributed by atoms with E-state index < -0.39 is 0 Å².